The van der Waals surface area contributed by atoms with E-state index in [0.29, 0.717) is 12.0 Å². The van der Waals surface area contributed by atoms with Gasteiger partial charge in [0.25, 0.3) is 0 Å². The van der Waals surface area contributed by atoms with Crippen molar-refractivity contribution in [1.29, 1.82) is 0 Å². The summed E-state index contributed by atoms with van der Waals surface area (Å²) in [5.74, 6) is -1.19. The second-order valence-corrected chi connectivity index (χ2v) is 7.35. The summed E-state index contributed by atoms with van der Waals surface area (Å²) in [6.07, 6.45) is -1.12. The highest BCUT2D eigenvalue weighted by Gasteiger charge is 2.41. The Bertz CT molecular complexity index is 820. The molecule has 0 aromatic heterocycles. The van der Waals surface area contributed by atoms with Crippen LogP contribution in [0.5, 0.6) is 0 Å². The van der Waals surface area contributed by atoms with Crippen LogP contribution in [0.1, 0.15) is 24.2 Å². The van der Waals surface area contributed by atoms with Crippen molar-refractivity contribution < 1.29 is 19.4 Å². The van der Waals surface area contributed by atoms with Gasteiger partial charge in [-0.2, -0.15) is 0 Å². The zero-order chi connectivity index (χ0) is 20.3. The van der Waals surface area contributed by atoms with Gasteiger partial charge in [0.05, 0.1) is 18.1 Å². The lowest BCUT2D eigenvalue weighted by Crippen LogP contribution is -2.44. The maximum atomic E-state index is 13.0. The molecule has 0 bridgehead atoms. The summed E-state index contributed by atoms with van der Waals surface area (Å²) in [5, 5.41) is 10.7. The smallest absolute Gasteiger partial charge is 0.416 e. The van der Waals surface area contributed by atoms with Gasteiger partial charge in [0, 0.05) is 19.8 Å². The first-order chi connectivity index (χ1) is 13.4. The van der Waals surface area contributed by atoms with E-state index in [-0.39, 0.29) is 12.6 Å². The zero-order valence-corrected chi connectivity index (χ0v) is 16.4. The third-order valence-electron chi connectivity index (χ3n) is 5.13. The van der Waals surface area contributed by atoms with Crippen LogP contribution in [0, 0.1) is 5.92 Å². The molecule has 6 nitrogen and oxygen atoms in total. The van der Waals surface area contributed by atoms with Gasteiger partial charge in [0.1, 0.15) is 6.61 Å². The number of cyclic esters (lactones) is 1. The highest BCUT2D eigenvalue weighted by molar-refractivity contribution is 5.95. The number of hydrogen-bond donors (Lipinski definition) is 1. The predicted octanol–water partition coefficient (Wildman–Crippen LogP) is 3.01. The normalized spacial score (nSPS) is 18.5. The lowest BCUT2D eigenvalue weighted by molar-refractivity contribution is -0.136. The van der Waals surface area contributed by atoms with Crippen LogP contribution in [0.4, 0.5) is 10.5 Å². The van der Waals surface area contributed by atoms with E-state index < -0.39 is 24.0 Å². The molecule has 1 fully saturated rings. The summed E-state index contributed by atoms with van der Waals surface area (Å²) < 4.78 is 5.13. The van der Waals surface area contributed by atoms with Crippen molar-refractivity contribution in [2.24, 2.45) is 5.92 Å². The highest BCUT2D eigenvalue weighted by atomic mass is 16.6. The molecule has 2 aromatic carbocycles. The number of hydrogen-bond acceptors (Lipinski definition) is 5. The minimum Gasteiger partial charge on any atom is -0.447 e. The monoisotopic (exact) mass is 382 g/mol. The lowest BCUT2D eigenvalue weighted by Gasteiger charge is -2.26. The Morgan fingerprint density at radius 1 is 1.18 bits per heavy atom. The van der Waals surface area contributed by atoms with Crippen LogP contribution >= 0.6 is 0 Å². The van der Waals surface area contributed by atoms with Crippen molar-refractivity contribution in [3.05, 3.63) is 65.7 Å². The fourth-order valence-corrected chi connectivity index (χ4v) is 3.38. The third kappa shape index (κ3) is 4.17. The van der Waals surface area contributed by atoms with Crippen molar-refractivity contribution in [3.8, 4) is 0 Å². The molecule has 0 aliphatic carbocycles. The number of ether oxygens (including phenoxy) is 1. The van der Waals surface area contributed by atoms with Gasteiger partial charge < -0.3 is 14.7 Å². The van der Waals surface area contributed by atoms with Gasteiger partial charge in [-0.1, -0.05) is 49.4 Å². The highest BCUT2D eigenvalue weighted by Crippen LogP contribution is 2.28. The van der Waals surface area contributed by atoms with E-state index in [2.05, 4.69) is 0 Å². The van der Waals surface area contributed by atoms with Gasteiger partial charge in [0.15, 0.2) is 0 Å². The molecule has 2 aromatic rings. The van der Waals surface area contributed by atoms with Gasteiger partial charge in [-0.25, -0.2) is 9.69 Å². The Morgan fingerprint density at radius 3 is 2.43 bits per heavy atom. The van der Waals surface area contributed by atoms with Crippen LogP contribution in [0.15, 0.2) is 54.6 Å². The van der Waals surface area contributed by atoms with E-state index in [4.69, 9.17) is 4.74 Å². The third-order valence-corrected chi connectivity index (χ3v) is 5.13. The van der Waals surface area contributed by atoms with Crippen LogP contribution in [-0.2, 0) is 16.0 Å². The molecule has 0 radical (unpaired) electrons. The maximum Gasteiger partial charge on any atom is 0.416 e. The second kappa shape index (κ2) is 8.44. The van der Waals surface area contributed by atoms with Gasteiger partial charge in [0.2, 0.25) is 5.91 Å². The van der Waals surface area contributed by atoms with Crippen molar-refractivity contribution in [3.63, 3.8) is 0 Å². The summed E-state index contributed by atoms with van der Waals surface area (Å²) in [6, 6.07) is 16.7. The number of benzene rings is 2. The standard InChI is InChI=1S/C22H26N2O4/c1-15(20(25)17-9-11-18(12-10-17)23(2)3)21(26)24-19(14-28-22(24)27)13-16-7-5-4-6-8-16/h4-12,15,19-20,25H,13-14H2,1-3H3/t15-,19-,20-/m0/s1. The molecule has 1 aliphatic heterocycles. The minimum atomic E-state index is -1.01. The molecular formula is C22H26N2O4. The Labute approximate surface area is 165 Å². The molecule has 2 amide bonds. The van der Waals surface area contributed by atoms with Crippen LogP contribution in [-0.4, -0.2) is 48.8 Å². The Morgan fingerprint density at radius 2 is 1.82 bits per heavy atom. The minimum absolute atomic E-state index is 0.166. The van der Waals surface area contributed by atoms with Crippen LogP contribution < -0.4 is 4.90 Å². The zero-order valence-electron chi connectivity index (χ0n) is 16.4. The number of amides is 2. The molecule has 0 saturated carbocycles. The number of nitrogens with zero attached hydrogens (tertiary/aromatic N) is 2. The molecular weight excluding hydrogens is 356 g/mol. The predicted molar refractivity (Wildman–Crippen MR) is 107 cm³/mol. The molecule has 148 valence electrons. The van der Waals surface area contributed by atoms with Crippen LogP contribution in [0.2, 0.25) is 0 Å². The first-order valence-corrected chi connectivity index (χ1v) is 9.37. The van der Waals surface area contributed by atoms with E-state index in [1.165, 1.54) is 0 Å². The second-order valence-electron chi connectivity index (χ2n) is 7.35. The fraction of sp³-hybridized carbons (Fsp3) is 0.364. The fourth-order valence-electron chi connectivity index (χ4n) is 3.38. The molecule has 1 heterocycles. The van der Waals surface area contributed by atoms with E-state index in [0.717, 1.165) is 16.2 Å². The topological polar surface area (TPSA) is 70.1 Å². The Balaban J connectivity index is 1.73. The molecule has 1 saturated heterocycles. The number of rotatable bonds is 6. The van der Waals surface area contributed by atoms with Gasteiger partial charge in [-0.05, 0) is 29.7 Å². The number of aliphatic hydroxyl groups excluding tert-OH is 1. The molecule has 6 heteroatoms. The van der Waals surface area contributed by atoms with Crippen molar-refractivity contribution in [2.45, 2.75) is 25.5 Å². The summed E-state index contributed by atoms with van der Waals surface area (Å²) in [7, 11) is 3.87. The quantitative estimate of drug-likeness (QED) is 0.832. The Hall–Kier alpha value is -2.86. The number of carbonyl (C=O) groups is 2. The van der Waals surface area contributed by atoms with Crippen molar-refractivity contribution >= 4 is 17.7 Å². The van der Waals surface area contributed by atoms with Gasteiger partial charge in [-0.15, -0.1) is 0 Å². The SMILES string of the molecule is C[C@H](C(=O)N1C(=O)OC[C@@H]1Cc1ccccc1)[C@H](O)c1ccc(N(C)C)cc1. The van der Waals surface area contributed by atoms with Crippen LogP contribution in [0.25, 0.3) is 0 Å². The maximum absolute atomic E-state index is 13.0. The van der Waals surface area contributed by atoms with Gasteiger partial charge >= 0.3 is 6.09 Å². The molecule has 1 aliphatic rings. The largest absolute Gasteiger partial charge is 0.447 e. The van der Waals surface area contributed by atoms with E-state index in [1.807, 2.05) is 61.5 Å². The van der Waals surface area contributed by atoms with Crippen molar-refractivity contribution in [1.82, 2.24) is 4.90 Å². The summed E-state index contributed by atoms with van der Waals surface area (Å²) >= 11 is 0. The first kappa shape index (κ1) is 19.9. The molecule has 0 spiro atoms. The number of anilines is 1. The van der Waals surface area contributed by atoms with Crippen LogP contribution in [0.3, 0.4) is 0 Å². The number of carbonyl (C=O) groups excluding carboxylic acids is 2. The van der Waals surface area contributed by atoms with Gasteiger partial charge in [-0.3, -0.25) is 4.79 Å². The summed E-state index contributed by atoms with van der Waals surface area (Å²) in [4.78, 5) is 28.3. The molecule has 3 rings (SSSR count). The number of imide groups is 1. The summed E-state index contributed by atoms with van der Waals surface area (Å²) in [6.45, 7) is 1.80. The van der Waals surface area contributed by atoms with E-state index >= 15 is 0 Å². The van der Waals surface area contributed by atoms with Crippen molar-refractivity contribution in [2.75, 3.05) is 25.6 Å². The molecule has 28 heavy (non-hydrogen) atoms. The average Bonchev–Trinajstić information content (AvgIpc) is 3.07. The first-order valence-electron chi connectivity index (χ1n) is 9.37. The van der Waals surface area contributed by atoms with E-state index in [1.54, 1.807) is 19.1 Å². The molecule has 0 unspecified atom stereocenters. The Kier molecular flexibility index (Phi) is 5.99. The molecule has 3 atom stereocenters. The molecule has 1 N–H and O–H groups in total. The summed E-state index contributed by atoms with van der Waals surface area (Å²) in [5.41, 5.74) is 2.66. The lowest BCUT2D eigenvalue weighted by atomic mass is 9.95. The average molecular weight is 382 g/mol. The van der Waals surface area contributed by atoms with E-state index in [9.17, 15) is 14.7 Å². The number of aliphatic hydroxyl groups is 1.